The predicted molar refractivity (Wildman–Crippen MR) is 82.2 cm³/mol. The largest absolute Gasteiger partial charge is 0.388 e. The third-order valence-corrected chi connectivity index (χ3v) is 4.04. The van der Waals surface area contributed by atoms with Gasteiger partial charge in [0.2, 0.25) is 0 Å². The van der Waals surface area contributed by atoms with E-state index in [2.05, 4.69) is 20.8 Å². The van der Waals surface area contributed by atoms with Gasteiger partial charge in [-0.3, -0.25) is 0 Å². The maximum atomic E-state index is 10.4. The molecule has 118 valence electrons. The van der Waals surface area contributed by atoms with Crippen molar-refractivity contribution in [3.05, 3.63) is 17.0 Å². The van der Waals surface area contributed by atoms with Crippen LogP contribution in [-0.4, -0.2) is 34.9 Å². The summed E-state index contributed by atoms with van der Waals surface area (Å²) >= 11 is 0. The second kappa shape index (κ2) is 6.93. The topological polar surface area (TPSA) is 82.7 Å². The summed E-state index contributed by atoms with van der Waals surface area (Å²) in [5.74, 6) is 1.53. The molecule has 0 radical (unpaired) electrons. The van der Waals surface area contributed by atoms with Crippen molar-refractivity contribution >= 4 is 5.96 Å². The number of aromatic nitrogens is 1. The van der Waals surface area contributed by atoms with Gasteiger partial charge in [0, 0.05) is 18.7 Å². The van der Waals surface area contributed by atoms with Crippen molar-refractivity contribution in [1.82, 2.24) is 15.8 Å². The first-order valence-corrected chi connectivity index (χ1v) is 7.70. The molecule has 0 bridgehead atoms. The lowest BCUT2D eigenvalue weighted by Gasteiger charge is -2.23. The normalized spacial score (nSPS) is 18.0. The Hall–Kier alpha value is -1.56. The maximum absolute atomic E-state index is 10.4. The number of nitrogens with one attached hydrogen (secondary N) is 2. The Kier molecular flexibility index (Phi) is 5.22. The van der Waals surface area contributed by atoms with E-state index < -0.39 is 5.60 Å². The van der Waals surface area contributed by atoms with Crippen LogP contribution in [-0.2, 0) is 6.54 Å². The number of nitrogens with zero attached hydrogens (tertiary/aromatic N) is 2. The molecular weight excluding hydrogens is 268 g/mol. The van der Waals surface area contributed by atoms with Gasteiger partial charge in [0.05, 0.1) is 17.8 Å². The molecule has 6 nitrogen and oxygen atoms in total. The minimum absolute atomic E-state index is 0.523. The Morgan fingerprint density at radius 2 is 2.05 bits per heavy atom. The summed E-state index contributed by atoms with van der Waals surface area (Å²) in [4.78, 5) is 4.55. The Bertz CT molecular complexity index is 470. The van der Waals surface area contributed by atoms with Crippen LogP contribution in [0.1, 0.15) is 49.6 Å². The predicted octanol–water partition coefficient (Wildman–Crippen LogP) is 1.65. The zero-order chi connectivity index (χ0) is 15.3. The number of hydrogen-bond acceptors (Lipinski definition) is 4. The molecule has 0 unspecified atom stereocenters. The van der Waals surface area contributed by atoms with Gasteiger partial charge in [-0.15, -0.1) is 0 Å². The zero-order valence-corrected chi connectivity index (χ0v) is 13.2. The number of hydrogen-bond donors (Lipinski definition) is 3. The molecule has 0 aliphatic heterocycles. The van der Waals surface area contributed by atoms with Gasteiger partial charge >= 0.3 is 0 Å². The van der Waals surface area contributed by atoms with Gasteiger partial charge < -0.3 is 20.3 Å². The van der Waals surface area contributed by atoms with Crippen LogP contribution >= 0.6 is 0 Å². The van der Waals surface area contributed by atoms with E-state index in [1.54, 1.807) is 0 Å². The molecule has 1 aliphatic carbocycles. The third kappa shape index (κ3) is 4.20. The van der Waals surface area contributed by atoms with Crippen molar-refractivity contribution in [2.45, 2.75) is 58.6 Å². The Labute approximate surface area is 126 Å². The van der Waals surface area contributed by atoms with E-state index in [0.29, 0.717) is 13.1 Å². The third-order valence-electron chi connectivity index (χ3n) is 4.04. The molecule has 1 heterocycles. The highest BCUT2D eigenvalue weighted by atomic mass is 16.5. The van der Waals surface area contributed by atoms with E-state index in [0.717, 1.165) is 55.2 Å². The Morgan fingerprint density at radius 3 is 2.62 bits per heavy atom. The summed E-state index contributed by atoms with van der Waals surface area (Å²) in [6.07, 6.45) is 3.93. The first kappa shape index (κ1) is 15.8. The summed E-state index contributed by atoms with van der Waals surface area (Å²) in [6, 6.07) is 0. The fourth-order valence-electron chi connectivity index (χ4n) is 2.69. The monoisotopic (exact) mass is 294 g/mol. The van der Waals surface area contributed by atoms with Crippen molar-refractivity contribution in [2.24, 2.45) is 4.99 Å². The maximum Gasteiger partial charge on any atom is 0.191 e. The van der Waals surface area contributed by atoms with E-state index in [1.165, 1.54) is 0 Å². The van der Waals surface area contributed by atoms with Gasteiger partial charge in [0.15, 0.2) is 5.96 Å². The SMILES string of the molecule is CCNC(=NCc1c(C)noc1C)NCC1(O)CCCC1. The van der Waals surface area contributed by atoms with E-state index in [1.807, 2.05) is 20.8 Å². The van der Waals surface area contributed by atoms with Crippen LogP contribution in [0.4, 0.5) is 0 Å². The molecule has 1 aromatic heterocycles. The van der Waals surface area contributed by atoms with Crippen LogP contribution in [0.25, 0.3) is 0 Å². The quantitative estimate of drug-likeness (QED) is 0.568. The number of guanidine groups is 1. The van der Waals surface area contributed by atoms with Crippen LogP contribution in [0, 0.1) is 13.8 Å². The molecule has 0 aromatic carbocycles. The highest BCUT2D eigenvalue weighted by molar-refractivity contribution is 5.79. The summed E-state index contributed by atoms with van der Waals surface area (Å²) in [5, 5.41) is 20.8. The minimum Gasteiger partial charge on any atom is -0.388 e. The summed E-state index contributed by atoms with van der Waals surface area (Å²) < 4.78 is 5.14. The Balaban J connectivity index is 1.96. The fourth-order valence-corrected chi connectivity index (χ4v) is 2.69. The van der Waals surface area contributed by atoms with E-state index >= 15 is 0 Å². The Morgan fingerprint density at radius 1 is 1.33 bits per heavy atom. The molecular formula is C15H26N4O2. The molecule has 21 heavy (non-hydrogen) atoms. The lowest BCUT2D eigenvalue weighted by Crippen LogP contribution is -2.46. The van der Waals surface area contributed by atoms with Crippen LogP contribution in [0.3, 0.4) is 0 Å². The lowest BCUT2D eigenvalue weighted by molar-refractivity contribution is 0.0522. The van der Waals surface area contributed by atoms with Gasteiger partial charge in [-0.1, -0.05) is 18.0 Å². The van der Waals surface area contributed by atoms with E-state index in [9.17, 15) is 5.11 Å². The van der Waals surface area contributed by atoms with Crippen molar-refractivity contribution in [3.8, 4) is 0 Å². The molecule has 1 aliphatic rings. The van der Waals surface area contributed by atoms with Crippen LogP contribution in [0.5, 0.6) is 0 Å². The molecule has 0 atom stereocenters. The van der Waals surface area contributed by atoms with Gasteiger partial charge in [0.1, 0.15) is 5.76 Å². The second-order valence-electron chi connectivity index (χ2n) is 5.78. The average Bonchev–Trinajstić information content (AvgIpc) is 3.02. The molecule has 1 aromatic rings. The number of aliphatic imine (C=N–C) groups is 1. The van der Waals surface area contributed by atoms with Crippen LogP contribution < -0.4 is 10.6 Å². The lowest BCUT2D eigenvalue weighted by atomic mass is 10.0. The zero-order valence-electron chi connectivity index (χ0n) is 13.2. The van der Waals surface area contributed by atoms with Crippen molar-refractivity contribution in [3.63, 3.8) is 0 Å². The summed E-state index contributed by atoms with van der Waals surface area (Å²) in [7, 11) is 0. The van der Waals surface area contributed by atoms with Gasteiger partial charge in [-0.05, 0) is 33.6 Å². The molecule has 0 spiro atoms. The van der Waals surface area contributed by atoms with Crippen molar-refractivity contribution < 1.29 is 9.63 Å². The summed E-state index contributed by atoms with van der Waals surface area (Å²) in [6.45, 7) is 7.69. The number of aliphatic hydroxyl groups is 1. The molecule has 0 amide bonds. The molecule has 1 saturated carbocycles. The first-order valence-electron chi connectivity index (χ1n) is 7.70. The fraction of sp³-hybridized carbons (Fsp3) is 0.733. The highest BCUT2D eigenvalue weighted by Crippen LogP contribution is 2.28. The smallest absolute Gasteiger partial charge is 0.191 e. The highest BCUT2D eigenvalue weighted by Gasteiger charge is 2.30. The average molecular weight is 294 g/mol. The minimum atomic E-state index is -0.584. The standard InChI is InChI=1S/C15H26N4O2/c1-4-16-14(18-10-15(20)7-5-6-8-15)17-9-13-11(2)19-21-12(13)3/h20H,4-10H2,1-3H3,(H2,16,17,18). The van der Waals surface area contributed by atoms with Gasteiger partial charge in [-0.25, -0.2) is 4.99 Å². The van der Waals surface area contributed by atoms with Crippen LogP contribution in [0.2, 0.25) is 0 Å². The van der Waals surface area contributed by atoms with Crippen molar-refractivity contribution in [2.75, 3.05) is 13.1 Å². The van der Waals surface area contributed by atoms with Gasteiger partial charge in [0.25, 0.3) is 0 Å². The van der Waals surface area contributed by atoms with Gasteiger partial charge in [-0.2, -0.15) is 0 Å². The molecule has 1 fully saturated rings. The molecule has 3 N–H and O–H groups in total. The first-order chi connectivity index (χ1) is 10.0. The van der Waals surface area contributed by atoms with E-state index in [4.69, 9.17) is 4.52 Å². The molecule has 6 heteroatoms. The number of aryl methyl sites for hydroxylation is 2. The van der Waals surface area contributed by atoms with Crippen molar-refractivity contribution in [1.29, 1.82) is 0 Å². The van der Waals surface area contributed by atoms with Crippen LogP contribution in [0.15, 0.2) is 9.52 Å². The van der Waals surface area contributed by atoms with E-state index in [-0.39, 0.29) is 0 Å². The molecule has 2 rings (SSSR count). The number of rotatable bonds is 5. The molecule has 0 saturated heterocycles. The second-order valence-corrected chi connectivity index (χ2v) is 5.78. The summed E-state index contributed by atoms with van der Waals surface area (Å²) in [5.41, 5.74) is 1.31.